The highest BCUT2D eigenvalue weighted by Gasteiger charge is 2.22. The van der Waals surface area contributed by atoms with Crippen LogP contribution in [0.5, 0.6) is 0 Å². The van der Waals surface area contributed by atoms with Crippen molar-refractivity contribution in [3.8, 4) is 0 Å². The molecule has 3 aromatic carbocycles. The van der Waals surface area contributed by atoms with E-state index in [0.29, 0.717) is 41.6 Å². The van der Waals surface area contributed by atoms with E-state index in [-0.39, 0.29) is 11.4 Å². The van der Waals surface area contributed by atoms with Crippen LogP contribution in [0.4, 0.5) is 15.8 Å². The maximum Gasteiger partial charge on any atom is 0.337 e. The lowest BCUT2D eigenvalue weighted by Crippen LogP contribution is -2.46. The normalized spacial score (nSPS) is 14.2. The van der Waals surface area contributed by atoms with Crippen molar-refractivity contribution in [1.29, 1.82) is 0 Å². The lowest BCUT2D eigenvalue weighted by Gasteiger charge is -2.36. The first kappa shape index (κ1) is 22.8. The molecule has 3 aromatic rings. The number of hydrogen-bond donors (Lipinski definition) is 2. The number of amides is 1. The molecular weight excluding hydrogens is 445 g/mol. The standard InChI is InChI=1S/C25H23ClFN3O3/c26-22-7-2-1-6-20(22)24(31)28-19-8-9-23(21(15-19)25(32)33)30-12-10-29(11-13-30)16-17-4-3-5-18(27)14-17/h1-9,14-15H,10-13,16H2,(H,28,31)(H,32,33). The Morgan fingerprint density at radius 2 is 1.70 bits per heavy atom. The number of anilines is 2. The van der Waals surface area contributed by atoms with Gasteiger partial charge in [0.1, 0.15) is 5.82 Å². The van der Waals surface area contributed by atoms with Crippen LogP contribution < -0.4 is 10.2 Å². The summed E-state index contributed by atoms with van der Waals surface area (Å²) < 4.78 is 13.4. The minimum atomic E-state index is -1.07. The molecule has 0 spiro atoms. The third kappa shape index (κ3) is 5.50. The van der Waals surface area contributed by atoms with Gasteiger partial charge in [-0.05, 0) is 48.0 Å². The van der Waals surface area contributed by atoms with E-state index >= 15 is 0 Å². The van der Waals surface area contributed by atoms with Gasteiger partial charge >= 0.3 is 5.97 Å². The fraction of sp³-hybridized carbons (Fsp3) is 0.200. The molecule has 33 heavy (non-hydrogen) atoms. The Morgan fingerprint density at radius 1 is 0.939 bits per heavy atom. The van der Waals surface area contributed by atoms with E-state index in [4.69, 9.17) is 11.6 Å². The Balaban J connectivity index is 1.44. The van der Waals surface area contributed by atoms with E-state index in [0.717, 1.165) is 18.7 Å². The molecule has 0 unspecified atom stereocenters. The highest BCUT2D eigenvalue weighted by molar-refractivity contribution is 6.34. The molecule has 0 aromatic heterocycles. The monoisotopic (exact) mass is 467 g/mol. The number of piperazine rings is 1. The van der Waals surface area contributed by atoms with Crippen molar-refractivity contribution >= 4 is 34.9 Å². The number of carbonyl (C=O) groups is 2. The molecule has 0 atom stereocenters. The molecule has 170 valence electrons. The summed E-state index contributed by atoms with van der Waals surface area (Å²) in [6.07, 6.45) is 0. The first-order valence-corrected chi connectivity index (χ1v) is 10.9. The maximum atomic E-state index is 13.4. The highest BCUT2D eigenvalue weighted by atomic mass is 35.5. The molecule has 2 N–H and O–H groups in total. The van der Waals surface area contributed by atoms with Gasteiger partial charge in [0.2, 0.25) is 0 Å². The number of carboxylic acids is 1. The Labute approximate surface area is 196 Å². The molecule has 1 aliphatic heterocycles. The summed E-state index contributed by atoms with van der Waals surface area (Å²) in [7, 11) is 0. The second-order valence-electron chi connectivity index (χ2n) is 7.86. The van der Waals surface area contributed by atoms with Crippen LogP contribution in [0.25, 0.3) is 0 Å². The number of halogens is 2. The van der Waals surface area contributed by atoms with Gasteiger partial charge in [0, 0.05) is 38.4 Å². The lowest BCUT2D eigenvalue weighted by molar-refractivity contribution is 0.0697. The predicted molar refractivity (Wildman–Crippen MR) is 127 cm³/mol. The van der Waals surface area contributed by atoms with Gasteiger partial charge in [0.15, 0.2) is 0 Å². The molecule has 1 heterocycles. The molecule has 0 aliphatic carbocycles. The molecule has 0 bridgehead atoms. The summed E-state index contributed by atoms with van der Waals surface area (Å²) in [5.74, 6) is -1.73. The zero-order chi connectivity index (χ0) is 23.4. The predicted octanol–water partition coefficient (Wildman–Crippen LogP) is 4.75. The molecule has 1 saturated heterocycles. The summed E-state index contributed by atoms with van der Waals surface area (Å²) in [6.45, 7) is 3.37. The fourth-order valence-corrected chi connectivity index (χ4v) is 4.17. The third-order valence-corrected chi connectivity index (χ3v) is 5.94. The van der Waals surface area contributed by atoms with E-state index < -0.39 is 11.9 Å². The van der Waals surface area contributed by atoms with Crippen molar-refractivity contribution in [2.24, 2.45) is 0 Å². The molecule has 0 radical (unpaired) electrons. The molecule has 1 amide bonds. The van der Waals surface area contributed by atoms with Crippen molar-refractivity contribution in [3.05, 3.63) is 94.3 Å². The summed E-state index contributed by atoms with van der Waals surface area (Å²) in [6, 6.07) is 18.1. The molecule has 0 saturated carbocycles. The first-order valence-electron chi connectivity index (χ1n) is 10.6. The van der Waals surface area contributed by atoms with Crippen LogP contribution in [0.15, 0.2) is 66.7 Å². The minimum Gasteiger partial charge on any atom is -0.478 e. The molecule has 6 nitrogen and oxygen atoms in total. The van der Waals surface area contributed by atoms with E-state index in [1.165, 1.54) is 18.2 Å². The smallest absolute Gasteiger partial charge is 0.337 e. The molecule has 1 fully saturated rings. The number of rotatable bonds is 6. The van der Waals surface area contributed by atoms with Gasteiger partial charge in [0.25, 0.3) is 5.91 Å². The zero-order valence-corrected chi connectivity index (χ0v) is 18.6. The zero-order valence-electron chi connectivity index (χ0n) is 17.8. The van der Waals surface area contributed by atoms with E-state index in [2.05, 4.69) is 10.2 Å². The molecular formula is C25H23ClFN3O3. The largest absolute Gasteiger partial charge is 0.478 e. The van der Waals surface area contributed by atoms with E-state index in [1.807, 2.05) is 11.0 Å². The van der Waals surface area contributed by atoms with Crippen LogP contribution in [-0.2, 0) is 6.54 Å². The van der Waals surface area contributed by atoms with Gasteiger partial charge in [-0.1, -0.05) is 35.9 Å². The van der Waals surface area contributed by atoms with Crippen molar-refractivity contribution in [1.82, 2.24) is 4.90 Å². The lowest BCUT2D eigenvalue weighted by atomic mass is 10.1. The highest BCUT2D eigenvalue weighted by Crippen LogP contribution is 2.27. The van der Waals surface area contributed by atoms with Crippen molar-refractivity contribution in [3.63, 3.8) is 0 Å². The second kappa shape index (κ2) is 10.0. The number of nitrogens with zero attached hydrogens (tertiary/aromatic N) is 2. The first-order chi connectivity index (χ1) is 15.9. The fourth-order valence-electron chi connectivity index (χ4n) is 3.95. The third-order valence-electron chi connectivity index (χ3n) is 5.61. The number of carbonyl (C=O) groups excluding carboxylic acids is 1. The summed E-state index contributed by atoms with van der Waals surface area (Å²) in [4.78, 5) is 28.7. The van der Waals surface area contributed by atoms with E-state index in [9.17, 15) is 19.1 Å². The van der Waals surface area contributed by atoms with Gasteiger partial charge in [-0.2, -0.15) is 0 Å². The molecule has 8 heteroatoms. The maximum absolute atomic E-state index is 13.4. The van der Waals surface area contributed by atoms with Gasteiger partial charge in [-0.3, -0.25) is 9.69 Å². The van der Waals surface area contributed by atoms with Crippen molar-refractivity contribution in [2.75, 3.05) is 36.4 Å². The van der Waals surface area contributed by atoms with Crippen molar-refractivity contribution in [2.45, 2.75) is 6.54 Å². The Morgan fingerprint density at radius 3 is 2.39 bits per heavy atom. The van der Waals surface area contributed by atoms with Crippen LogP contribution in [0, 0.1) is 5.82 Å². The Bertz CT molecular complexity index is 1180. The molecule has 4 rings (SSSR count). The number of aromatic carboxylic acids is 1. The van der Waals surface area contributed by atoms with Crippen LogP contribution in [0.3, 0.4) is 0 Å². The van der Waals surface area contributed by atoms with Gasteiger partial charge in [0.05, 0.1) is 21.8 Å². The number of hydrogen-bond acceptors (Lipinski definition) is 4. The second-order valence-corrected chi connectivity index (χ2v) is 8.27. The summed E-state index contributed by atoms with van der Waals surface area (Å²) >= 11 is 6.08. The van der Waals surface area contributed by atoms with Gasteiger partial charge in [-0.25, -0.2) is 9.18 Å². The SMILES string of the molecule is O=C(Nc1ccc(N2CCN(Cc3cccc(F)c3)CC2)c(C(=O)O)c1)c1ccccc1Cl. The Hall–Kier alpha value is -3.42. The van der Waals surface area contributed by atoms with Crippen LogP contribution >= 0.6 is 11.6 Å². The average molecular weight is 468 g/mol. The van der Waals surface area contributed by atoms with E-state index in [1.54, 1.807) is 42.5 Å². The van der Waals surface area contributed by atoms with Gasteiger partial charge in [-0.15, -0.1) is 0 Å². The van der Waals surface area contributed by atoms with Crippen LogP contribution in [0.1, 0.15) is 26.3 Å². The quantitative estimate of drug-likeness (QED) is 0.547. The molecule has 1 aliphatic rings. The number of benzene rings is 3. The summed E-state index contributed by atoms with van der Waals surface area (Å²) in [5, 5.41) is 12.8. The Kier molecular flexibility index (Phi) is 6.91. The van der Waals surface area contributed by atoms with Gasteiger partial charge < -0.3 is 15.3 Å². The number of carboxylic acid groups (broad SMARTS) is 1. The number of nitrogens with one attached hydrogen (secondary N) is 1. The van der Waals surface area contributed by atoms with Crippen molar-refractivity contribution < 1.29 is 19.1 Å². The topological polar surface area (TPSA) is 72.9 Å². The van der Waals surface area contributed by atoms with Crippen LogP contribution in [0.2, 0.25) is 5.02 Å². The average Bonchev–Trinajstić information content (AvgIpc) is 2.80. The van der Waals surface area contributed by atoms with Crippen LogP contribution in [-0.4, -0.2) is 48.1 Å². The summed E-state index contributed by atoms with van der Waals surface area (Å²) in [5.41, 5.74) is 2.32. The minimum absolute atomic E-state index is 0.116.